The summed E-state index contributed by atoms with van der Waals surface area (Å²) < 4.78 is 0. The Balaban J connectivity index is 2.03. The van der Waals surface area contributed by atoms with Crippen LogP contribution in [0.2, 0.25) is 0 Å². The first kappa shape index (κ1) is 10.0. The van der Waals surface area contributed by atoms with Crippen LogP contribution in [0.15, 0.2) is 0 Å². The Morgan fingerprint density at radius 2 is 2.42 bits per heavy atom. The van der Waals surface area contributed by atoms with E-state index in [0.29, 0.717) is 6.04 Å². The van der Waals surface area contributed by atoms with Gasteiger partial charge >= 0.3 is 0 Å². The van der Waals surface area contributed by atoms with Crippen LogP contribution in [0.4, 0.5) is 0 Å². The van der Waals surface area contributed by atoms with Gasteiger partial charge in [-0.1, -0.05) is 19.8 Å². The Morgan fingerprint density at radius 1 is 1.58 bits per heavy atom. The molecule has 12 heavy (non-hydrogen) atoms. The van der Waals surface area contributed by atoms with Gasteiger partial charge in [0.15, 0.2) is 0 Å². The summed E-state index contributed by atoms with van der Waals surface area (Å²) in [6.07, 6.45) is 5.30. The number of hydrogen-bond acceptors (Lipinski definition) is 2. The Bertz CT molecular complexity index is 108. The van der Waals surface area contributed by atoms with Gasteiger partial charge in [0.1, 0.15) is 0 Å². The van der Waals surface area contributed by atoms with Gasteiger partial charge in [0.05, 0.1) is 0 Å². The first-order chi connectivity index (χ1) is 5.83. The zero-order chi connectivity index (χ0) is 8.81. The lowest BCUT2D eigenvalue weighted by atomic mass is 10.1. The lowest BCUT2D eigenvalue weighted by Gasteiger charge is -2.18. The van der Waals surface area contributed by atoms with Crippen LogP contribution in [0.1, 0.15) is 39.5 Å². The summed E-state index contributed by atoms with van der Waals surface area (Å²) in [6.45, 7) is 6.91. The molecule has 0 aliphatic carbocycles. The minimum absolute atomic E-state index is 0.704. The molecule has 0 aromatic heterocycles. The maximum Gasteiger partial charge on any atom is 0.0207 e. The maximum absolute atomic E-state index is 3.65. The lowest BCUT2D eigenvalue weighted by Crippen LogP contribution is -2.37. The van der Waals surface area contributed by atoms with Crippen LogP contribution in [0.25, 0.3) is 0 Å². The minimum atomic E-state index is 0.704. The summed E-state index contributed by atoms with van der Waals surface area (Å²) in [4.78, 5) is 0. The van der Waals surface area contributed by atoms with E-state index in [-0.39, 0.29) is 0 Å². The molecule has 1 rings (SSSR count). The molecule has 0 bridgehead atoms. The van der Waals surface area contributed by atoms with Crippen LogP contribution >= 0.6 is 0 Å². The van der Waals surface area contributed by atoms with Gasteiger partial charge in [0, 0.05) is 18.6 Å². The van der Waals surface area contributed by atoms with E-state index in [2.05, 4.69) is 24.5 Å². The van der Waals surface area contributed by atoms with E-state index in [1.165, 1.54) is 32.2 Å². The molecule has 1 heterocycles. The van der Waals surface area contributed by atoms with Crippen molar-refractivity contribution in [2.75, 3.05) is 13.1 Å². The Labute approximate surface area is 76.1 Å². The predicted octanol–water partition coefficient (Wildman–Crippen LogP) is 1.52. The van der Waals surface area contributed by atoms with Crippen molar-refractivity contribution in [3.05, 3.63) is 0 Å². The van der Waals surface area contributed by atoms with Crippen molar-refractivity contribution >= 4 is 0 Å². The fourth-order valence-electron chi connectivity index (χ4n) is 1.79. The third-order valence-electron chi connectivity index (χ3n) is 2.57. The fourth-order valence-corrected chi connectivity index (χ4v) is 1.79. The highest BCUT2D eigenvalue weighted by Crippen LogP contribution is 2.04. The lowest BCUT2D eigenvalue weighted by molar-refractivity contribution is 0.434. The van der Waals surface area contributed by atoms with Crippen LogP contribution in [-0.2, 0) is 0 Å². The smallest absolute Gasteiger partial charge is 0.0207 e. The van der Waals surface area contributed by atoms with Crippen molar-refractivity contribution in [2.45, 2.75) is 51.6 Å². The molecule has 2 heteroatoms. The molecule has 72 valence electrons. The Kier molecular flexibility index (Phi) is 4.62. The molecule has 2 N–H and O–H groups in total. The van der Waals surface area contributed by atoms with Gasteiger partial charge in [-0.3, -0.25) is 0 Å². The summed E-state index contributed by atoms with van der Waals surface area (Å²) in [7, 11) is 0. The zero-order valence-corrected chi connectivity index (χ0v) is 8.40. The highest BCUT2D eigenvalue weighted by atomic mass is 15.0. The van der Waals surface area contributed by atoms with Crippen LogP contribution in [-0.4, -0.2) is 25.2 Å². The van der Waals surface area contributed by atoms with Crippen molar-refractivity contribution in [2.24, 2.45) is 0 Å². The van der Waals surface area contributed by atoms with Gasteiger partial charge < -0.3 is 10.6 Å². The summed E-state index contributed by atoms with van der Waals surface area (Å²) in [6, 6.07) is 1.44. The molecule has 0 spiro atoms. The highest BCUT2D eigenvalue weighted by Gasteiger charge is 2.15. The number of rotatable bonds is 5. The molecule has 0 aromatic carbocycles. The molecule has 0 radical (unpaired) electrons. The van der Waals surface area contributed by atoms with Crippen LogP contribution in [0.3, 0.4) is 0 Å². The molecule has 1 saturated heterocycles. The van der Waals surface area contributed by atoms with Crippen LogP contribution < -0.4 is 10.6 Å². The van der Waals surface area contributed by atoms with Crippen LogP contribution in [0.5, 0.6) is 0 Å². The molecular weight excluding hydrogens is 148 g/mol. The standard InChI is InChI=1S/C10H22N2/c1-3-4-5-9(2)12-10-6-7-11-8-10/h9-12H,3-8H2,1-2H3. The summed E-state index contributed by atoms with van der Waals surface area (Å²) in [5.74, 6) is 0. The number of unbranched alkanes of at least 4 members (excludes halogenated alkanes) is 1. The molecule has 2 unspecified atom stereocenters. The third kappa shape index (κ3) is 3.55. The minimum Gasteiger partial charge on any atom is -0.315 e. The molecule has 0 amide bonds. The first-order valence-electron chi connectivity index (χ1n) is 5.29. The molecule has 2 atom stereocenters. The average molecular weight is 170 g/mol. The molecular formula is C10H22N2. The quantitative estimate of drug-likeness (QED) is 0.653. The first-order valence-corrected chi connectivity index (χ1v) is 5.29. The van der Waals surface area contributed by atoms with Crippen molar-refractivity contribution in [3.63, 3.8) is 0 Å². The monoisotopic (exact) mass is 170 g/mol. The fraction of sp³-hybridized carbons (Fsp3) is 1.00. The third-order valence-corrected chi connectivity index (χ3v) is 2.57. The van der Waals surface area contributed by atoms with E-state index < -0.39 is 0 Å². The van der Waals surface area contributed by atoms with E-state index >= 15 is 0 Å². The predicted molar refractivity (Wildman–Crippen MR) is 53.4 cm³/mol. The van der Waals surface area contributed by atoms with Gasteiger partial charge in [-0.05, 0) is 26.3 Å². The Hall–Kier alpha value is -0.0800. The molecule has 1 aliphatic rings. The second kappa shape index (κ2) is 5.55. The SMILES string of the molecule is CCCCC(C)NC1CCNC1. The van der Waals surface area contributed by atoms with E-state index in [1.54, 1.807) is 0 Å². The number of nitrogens with one attached hydrogen (secondary N) is 2. The normalized spacial score (nSPS) is 26.0. The van der Waals surface area contributed by atoms with E-state index in [9.17, 15) is 0 Å². The molecule has 0 aromatic rings. The van der Waals surface area contributed by atoms with Gasteiger partial charge in [-0.25, -0.2) is 0 Å². The second-order valence-electron chi connectivity index (χ2n) is 3.90. The molecule has 1 fully saturated rings. The summed E-state index contributed by atoms with van der Waals surface area (Å²) >= 11 is 0. The molecule has 2 nitrogen and oxygen atoms in total. The van der Waals surface area contributed by atoms with Gasteiger partial charge in [-0.15, -0.1) is 0 Å². The highest BCUT2D eigenvalue weighted by molar-refractivity contribution is 4.79. The van der Waals surface area contributed by atoms with Crippen molar-refractivity contribution in [1.29, 1.82) is 0 Å². The van der Waals surface area contributed by atoms with E-state index in [1.807, 2.05) is 0 Å². The van der Waals surface area contributed by atoms with E-state index in [0.717, 1.165) is 12.6 Å². The van der Waals surface area contributed by atoms with Crippen LogP contribution in [0, 0.1) is 0 Å². The van der Waals surface area contributed by atoms with Crippen molar-refractivity contribution in [3.8, 4) is 0 Å². The molecule has 1 aliphatic heterocycles. The topological polar surface area (TPSA) is 24.1 Å². The average Bonchev–Trinajstić information content (AvgIpc) is 2.53. The molecule has 0 saturated carbocycles. The van der Waals surface area contributed by atoms with Crippen molar-refractivity contribution < 1.29 is 0 Å². The summed E-state index contributed by atoms with van der Waals surface area (Å²) in [5.41, 5.74) is 0. The van der Waals surface area contributed by atoms with E-state index in [4.69, 9.17) is 0 Å². The summed E-state index contributed by atoms with van der Waals surface area (Å²) in [5, 5.41) is 7.02. The Morgan fingerprint density at radius 3 is 3.00 bits per heavy atom. The second-order valence-corrected chi connectivity index (χ2v) is 3.90. The van der Waals surface area contributed by atoms with Crippen molar-refractivity contribution in [1.82, 2.24) is 10.6 Å². The van der Waals surface area contributed by atoms with Gasteiger partial charge in [0.2, 0.25) is 0 Å². The zero-order valence-electron chi connectivity index (χ0n) is 8.40. The number of hydrogen-bond donors (Lipinski definition) is 2. The van der Waals surface area contributed by atoms with Gasteiger partial charge in [-0.2, -0.15) is 0 Å². The van der Waals surface area contributed by atoms with Gasteiger partial charge in [0.25, 0.3) is 0 Å². The maximum atomic E-state index is 3.65. The largest absolute Gasteiger partial charge is 0.315 e.